The fourth-order valence-electron chi connectivity index (χ4n) is 2.22. The van der Waals surface area contributed by atoms with Crippen molar-refractivity contribution in [1.82, 2.24) is 15.6 Å². The van der Waals surface area contributed by atoms with E-state index in [1.807, 2.05) is 0 Å². The summed E-state index contributed by atoms with van der Waals surface area (Å²) >= 11 is 3.33. The van der Waals surface area contributed by atoms with Gasteiger partial charge in [0.2, 0.25) is 0 Å². The lowest BCUT2D eigenvalue weighted by Crippen LogP contribution is -2.54. The molecule has 2 heterocycles. The number of piperidine rings is 1. The Bertz CT molecular complexity index is 448. The number of carbonyl (C=O) groups excluding carboxylic acids is 1. The second-order valence-electron chi connectivity index (χ2n) is 5.37. The molecule has 1 aliphatic rings. The van der Waals surface area contributed by atoms with Crippen molar-refractivity contribution in [2.45, 2.75) is 26.3 Å². The van der Waals surface area contributed by atoms with Crippen molar-refractivity contribution in [1.29, 1.82) is 0 Å². The molecule has 1 atom stereocenters. The van der Waals surface area contributed by atoms with Crippen molar-refractivity contribution in [2.24, 2.45) is 5.41 Å². The van der Waals surface area contributed by atoms with Gasteiger partial charge in [-0.25, -0.2) is 0 Å². The summed E-state index contributed by atoms with van der Waals surface area (Å²) in [6.07, 6.45) is 4.22. The summed E-state index contributed by atoms with van der Waals surface area (Å²) in [6, 6.07) is 1.99. The molecule has 0 aromatic carbocycles. The zero-order chi connectivity index (χ0) is 13.2. The highest BCUT2D eigenvalue weighted by Gasteiger charge is 2.33. The summed E-state index contributed by atoms with van der Waals surface area (Å²) < 4.78 is 0.819. The van der Waals surface area contributed by atoms with Crippen molar-refractivity contribution in [3.63, 3.8) is 0 Å². The summed E-state index contributed by atoms with van der Waals surface area (Å²) in [5.74, 6) is -0.0521. The first-order valence-electron chi connectivity index (χ1n) is 6.11. The molecule has 1 aliphatic heterocycles. The summed E-state index contributed by atoms with van der Waals surface area (Å²) in [5, 5.41) is 6.47. The van der Waals surface area contributed by atoms with E-state index in [1.54, 1.807) is 18.5 Å². The number of halogens is 1. The fraction of sp³-hybridized carbons (Fsp3) is 0.538. The summed E-state index contributed by atoms with van der Waals surface area (Å²) in [7, 11) is 0. The Morgan fingerprint density at radius 2 is 2.33 bits per heavy atom. The van der Waals surface area contributed by atoms with Gasteiger partial charge in [0, 0.05) is 29.5 Å². The Hall–Kier alpha value is -0.940. The molecule has 1 aromatic rings. The topological polar surface area (TPSA) is 54.0 Å². The van der Waals surface area contributed by atoms with Gasteiger partial charge >= 0.3 is 0 Å². The molecule has 0 spiro atoms. The average molecular weight is 312 g/mol. The standard InChI is InChI=1S/C13H18BrN3O/c1-13(2)8-15-4-3-11(13)17-12(18)9-5-10(14)7-16-6-9/h5-7,11,15H,3-4,8H2,1-2H3,(H,17,18). The van der Waals surface area contributed by atoms with Gasteiger partial charge in [-0.15, -0.1) is 0 Å². The maximum atomic E-state index is 12.2. The van der Waals surface area contributed by atoms with Crippen LogP contribution < -0.4 is 10.6 Å². The molecule has 0 saturated carbocycles. The van der Waals surface area contributed by atoms with E-state index in [4.69, 9.17) is 0 Å². The lowest BCUT2D eigenvalue weighted by molar-refractivity contribution is 0.0868. The van der Waals surface area contributed by atoms with E-state index >= 15 is 0 Å². The highest BCUT2D eigenvalue weighted by molar-refractivity contribution is 9.10. The predicted octanol–water partition coefficient (Wildman–Crippen LogP) is 1.96. The largest absolute Gasteiger partial charge is 0.349 e. The molecule has 1 amide bonds. The molecule has 18 heavy (non-hydrogen) atoms. The molecule has 2 rings (SSSR count). The molecule has 4 nitrogen and oxygen atoms in total. The van der Waals surface area contributed by atoms with Gasteiger partial charge in [-0.05, 0) is 40.4 Å². The molecule has 1 fully saturated rings. The second kappa shape index (κ2) is 5.36. The third kappa shape index (κ3) is 3.09. The first kappa shape index (κ1) is 13.5. The van der Waals surface area contributed by atoms with Crippen molar-refractivity contribution < 1.29 is 4.79 Å². The molecule has 0 aliphatic carbocycles. The smallest absolute Gasteiger partial charge is 0.253 e. The van der Waals surface area contributed by atoms with Crippen molar-refractivity contribution in [3.05, 3.63) is 28.5 Å². The number of hydrogen-bond donors (Lipinski definition) is 2. The first-order chi connectivity index (χ1) is 8.49. The molecule has 0 bridgehead atoms. The molecule has 1 saturated heterocycles. The lowest BCUT2D eigenvalue weighted by atomic mass is 9.80. The molecule has 5 heteroatoms. The van der Waals surface area contributed by atoms with Crippen molar-refractivity contribution >= 4 is 21.8 Å². The molecule has 1 aromatic heterocycles. The molecule has 0 radical (unpaired) electrons. The molecular weight excluding hydrogens is 294 g/mol. The number of hydrogen-bond acceptors (Lipinski definition) is 3. The van der Waals surface area contributed by atoms with Crippen LogP contribution in [0.2, 0.25) is 0 Å². The predicted molar refractivity (Wildman–Crippen MR) is 74.5 cm³/mol. The monoisotopic (exact) mass is 311 g/mol. The highest BCUT2D eigenvalue weighted by atomic mass is 79.9. The minimum atomic E-state index is -0.0521. The first-order valence-corrected chi connectivity index (χ1v) is 6.90. The summed E-state index contributed by atoms with van der Waals surface area (Å²) in [4.78, 5) is 16.2. The molecule has 2 N–H and O–H groups in total. The Labute approximate surface area is 116 Å². The van der Waals surface area contributed by atoms with Gasteiger partial charge in [0.1, 0.15) is 0 Å². The van der Waals surface area contributed by atoms with E-state index in [1.165, 1.54) is 0 Å². The van der Waals surface area contributed by atoms with E-state index in [-0.39, 0.29) is 17.4 Å². The molecule has 1 unspecified atom stereocenters. The number of nitrogens with zero attached hydrogens (tertiary/aromatic N) is 1. The minimum Gasteiger partial charge on any atom is -0.349 e. The Morgan fingerprint density at radius 3 is 3.00 bits per heavy atom. The number of pyridine rings is 1. The minimum absolute atomic E-state index is 0.0521. The van der Waals surface area contributed by atoms with Gasteiger partial charge in [-0.1, -0.05) is 13.8 Å². The third-order valence-corrected chi connectivity index (χ3v) is 3.84. The molecule has 98 valence electrons. The Balaban J connectivity index is 2.07. The van der Waals surface area contributed by atoms with Crippen LogP contribution >= 0.6 is 15.9 Å². The second-order valence-corrected chi connectivity index (χ2v) is 6.29. The van der Waals surface area contributed by atoms with E-state index in [0.717, 1.165) is 24.0 Å². The van der Waals surface area contributed by atoms with Gasteiger partial charge in [0.25, 0.3) is 5.91 Å². The van der Waals surface area contributed by atoms with Gasteiger partial charge in [-0.3, -0.25) is 9.78 Å². The Morgan fingerprint density at radius 1 is 1.56 bits per heavy atom. The van der Waals surface area contributed by atoms with Crippen LogP contribution in [0.25, 0.3) is 0 Å². The van der Waals surface area contributed by atoms with E-state index in [9.17, 15) is 4.79 Å². The van der Waals surface area contributed by atoms with Crippen LogP contribution in [-0.2, 0) is 0 Å². The van der Waals surface area contributed by atoms with Crippen molar-refractivity contribution in [2.75, 3.05) is 13.1 Å². The fourth-order valence-corrected chi connectivity index (χ4v) is 2.58. The quantitative estimate of drug-likeness (QED) is 0.878. The van der Waals surface area contributed by atoms with E-state index in [0.29, 0.717) is 5.56 Å². The van der Waals surface area contributed by atoms with Gasteiger partial charge in [0.15, 0.2) is 0 Å². The zero-order valence-electron chi connectivity index (χ0n) is 10.7. The van der Waals surface area contributed by atoms with Gasteiger partial charge in [-0.2, -0.15) is 0 Å². The van der Waals surface area contributed by atoms with Crippen molar-refractivity contribution in [3.8, 4) is 0 Å². The van der Waals surface area contributed by atoms with Gasteiger partial charge < -0.3 is 10.6 Å². The Kier molecular flexibility index (Phi) is 4.02. The third-order valence-electron chi connectivity index (χ3n) is 3.41. The van der Waals surface area contributed by atoms with Crippen LogP contribution in [-0.4, -0.2) is 30.0 Å². The number of carbonyl (C=O) groups is 1. The maximum Gasteiger partial charge on any atom is 0.253 e. The average Bonchev–Trinajstić information content (AvgIpc) is 2.31. The van der Waals surface area contributed by atoms with Gasteiger partial charge in [0.05, 0.1) is 5.56 Å². The van der Waals surface area contributed by atoms with Crippen LogP contribution in [0.4, 0.5) is 0 Å². The SMILES string of the molecule is CC1(C)CNCCC1NC(=O)c1cncc(Br)c1. The molecular formula is C13H18BrN3O. The van der Waals surface area contributed by atoms with Crippen LogP contribution in [0.15, 0.2) is 22.9 Å². The number of rotatable bonds is 2. The normalized spacial score (nSPS) is 22.5. The maximum absolute atomic E-state index is 12.2. The van der Waals surface area contributed by atoms with Crippen LogP contribution in [0, 0.1) is 5.41 Å². The van der Waals surface area contributed by atoms with Crippen LogP contribution in [0.5, 0.6) is 0 Å². The van der Waals surface area contributed by atoms with Crippen LogP contribution in [0.1, 0.15) is 30.6 Å². The summed E-state index contributed by atoms with van der Waals surface area (Å²) in [6.45, 7) is 6.21. The highest BCUT2D eigenvalue weighted by Crippen LogP contribution is 2.25. The van der Waals surface area contributed by atoms with E-state index in [2.05, 4.69) is 45.4 Å². The number of aromatic nitrogens is 1. The number of nitrogens with one attached hydrogen (secondary N) is 2. The number of amides is 1. The summed E-state index contributed by atoms with van der Waals surface area (Å²) in [5.41, 5.74) is 0.673. The lowest BCUT2D eigenvalue weighted by Gasteiger charge is -2.39. The zero-order valence-corrected chi connectivity index (χ0v) is 12.3. The van der Waals surface area contributed by atoms with E-state index < -0.39 is 0 Å². The van der Waals surface area contributed by atoms with Crippen LogP contribution in [0.3, 0.4) is 0 Å².